The van der Waals surface area contributed by atoms with E-state index in [-0.39, 0.29) is 6.03 Å². The molecule has 0 aliphatic heterocycles. The summed E-state index contributed by atoms with van der Waals surface area (Å²) >= 11 is 0. The molecule has 0 radical (unpaired) electrons. The van der Waals surface area contributed by atoms with Crippen molar-refractivity contribution in [3.63, 3.8) is 0 Å². The summed E-state index contributed by atoms with van der Waals surface area (Å²) in [6.07, 6.45) is 0. The normalized spacial score (nSPS) is 10.4. The lowest BCUT2D eigenvalue weighted by Gasteiger charge is -2.14. The highest BCUT2D eigenvalue weighted by molar-refractivity contribution is 6.00. The van der Waals surface area contributed by atoms with Gasteiger partial charge in [-0.3, -0.25) is 0 Å². The Labute approximate surface area is 171 Å². The molecule has 7 nitrogen and oxygen atoms in total. The molecule has 2 aromatic carbocycles. The fraction of sp³-hybridized carbons (Fsp3) is 0.227. The van der Waals surface area contributed by atoms with Crippen LogP contribution in [0.3, 0.4) is 0 Å². The molecule has 0 aliphatic rings. The molecule has 3 rings (SSSR count). The summed E-state index contributed by atoms with van der Waals surface area (Å²) in [5.74, 6) is 2.25. The van der Waals surface area contributed by atoms with E-state index in [1.165, 1.54) is 0 Å². The second-order valence-electron chi connectivity index (χ2n) is 7.15. The number of aromatic nitrogens is 2. The lowest BCUT2D eigenvalue weighted by atomic mass is 10.1. The maximum Gasteiger partial charge on any atom is 0.323 e. The predicted molar refractivity (Wildman–Crippen MR) is 119 cm³/mol. The Bertz CT molecular complexity index is 1010. The third-order valence-electron chi connectivity index (χ3n) is 4.34. The second-order valence-corrected chi connectivity index (χ2v) is 7.15. The standard InChI is InChI=1S/C22H26N6O/c1-14-6-7-15(2)19(12-14)27-22(29)26-18-10-8-17(9-11-18)25-20-13-21(28(4)5)24-16(3)23-20/h6-13H,1-5H3,(H,23,24,25)(H2,26,27,29). The predicted octanol–water partition coefficient (Wildman–Crippen LogP) is 4.86. The molecule has 2 amide bonds. The van der Waals surface area contributed by atoms with Crippen LogP contribution >= 0.6 is 0 Å². The average molecular weight is 390 g/mol. The lowest BCUT2D eigenvalue weighted by Crippen LogP contribution is -2.20. The van der Waals surface area contributed by atoms with Crippen molar-refractivity contribution in [3.8, 4) is 0 Å². The SMILES string of the molecule is Cc1ccc(C)c(NC(=O)Nc2ccc(Nc3cc(N(C)C)nc(C)n3)cc2)c1. The summed E-state index contributed by atoms with van der Waals surface area (Å²) in [5.41, 5.74) is 4.48. The van der Waals surface area contributed by atoms with Crippen molar-refractivity contribution in [3.05, 3.63) is 65.5 Å². The van der Waals surface area contributed by atoms with Gasteiger partial charge in [0.2, 0.25) is 0 Å². The van der Waals surface area contributed by atoms with Gasteiger partial charge in [-0.15, -0.1) is 0 Å². The van der Waals surface area contributed by atoms with E-state index in [2.05, 4.69) is 25.9 Å². The van der Waals surface area contributed by atoms with Crippen LogP contribution in [-0.4, -0.2) is 30.1 Å². The number of hydrogen-bond donors (Lipinski definition) is 3. The summed E-state index contributed by atoms with van der Waals surface area (Å²) in [4.78, 5) is 23.0. The van der Waals surface area contributed by atoms with Crippen molar-refractivity contribution in [2.45, 2.75) is 20.8 Å². The number of nitrogens with one attached hydrogen (secondary N) is 3. The topological polar surface area (TPSA) is 82.2 Å². The Hall–Kier alpha value is -3.61. The molecule has 0 saturated carbocycles. The molecular formula is C22H26N6O. The van der Waals surface area contributed by atoms with Gasteiger partial charge in [0.15, 0.2) is 0 Å². The Morgan fingerprint density at radius 3 is 2.24 bits per heavy atom. The number of nitrogens with zero attached hydrogens (tertiary/aromatic N) is 3. The Morgan fingerprint density at radius 1 is 0.862 bits per heavy atom. The zero-order valence-electron chi connectivity index (χ0n) is 17.4. The van der Waals surface area contributed by atoms with Crippen LogP contribution in [0.5, 0.6) is 0 Å². The Kier molecular flexibility index (Phi) is 5.97. The number of benzene rings is 2. The van der Waals surface area contributed by atoms with Crippen molar-refractivity contribution in [1.82, 2.24) is 9.97 Å². The van der Waals surface area contributed by atoms with E-state index in [1.54, 1.807) is 0 Å². The van der Waals surface area contributed by atoms with Crippen LogP contribution in [0.4, 0.5) is 33.5 Å². The van der Waals surface area contributed by atoms with Gasteiger partial charge in [0.1, 0.15) is 17.5 Å². The minimum absolute atomic E-state index is 0.276. The van der Waals surface area contributed by atoms with E-state index < -0.39 is 0 Å². The fourth-order valence-corrected chi connectivity index (χ4v) is 2.79. The molecule has 0 saturated heterocycles. The number of urea groups is 1. The maximum absolute atomic E-state index is 12.3. The second kappa shape index (κ2) is 8.60. The van der Waals surface area contributed by atoms with Gasteiger partial charge < -0.3 is 20.9 Å². The fourth-order valence-electron chi connectivity index (χ4n) is 2.79. The van der Waals surface area contributed by atoms with Crippen LogP contribution in [0, 0.1) is 20.8 Å². The first-order valence-corrected chi connectivity index (χ1v) is 9.35. The zero-order chi connectivity index (χ0) is 21.0. The maximum atomic E-state index is 12.3. The third-order valence-corrected chi connectivity index (χ3v) is 4.34. The highest BCUT2D eigenvalue weighted by Crippen LogP contribution is 2.21. The minimum atomic E-state index is -0.276. The van der Waals surface area contributed by atoms with E-state index in [4.69, 9.17) is 0 Å². The average Bonchev–Trinajstić information content (AvgIpc) is 2.66. The first-order valence-electron chi connectivity index (χ1n) is 9.35. The molecule has 150 valence electrons. The first-order chi connectivity index (χ1) is 13.8. The molecule has 29 heavy (non-hydrogen) atoms. The van der Waals surface area contributed by atoms with Crippen LogP contribution in [-0.2, 0) is 0 Å². The monoisotopic (exact) mass is 390 g/mol. The molecular weight excluding hydrogens is 364 g/mol. The number of rotatable bonds is 5. The number of anilines is 5. The lowest BCUT2D eigenvalue weighted by molar-refractivity contribution is 0.262. The van der Waals surface area contributed by atoms with Crippen molar-refractivity contribution in [2.75, 3.05) is 34.9 Å². The van der Waals surface area contributed by atoms with Gasteiger partial charge in [-0.1, -0.05) is 12.1 Å². The quantitative estimate of drug-likeness (QED) is 0.580. The third kappa shape index (κ3) is 5.44. The van der Waals surface area contributed by atoms with Crippen LogP contribution in [0.1, 0.15) is 17.0 Å². The van der Waals surface area contributed by atoms with Crippen LogP contribution in [0.15, 0.2) is 48.5 Å². The summed E-state index contributed by atoms with van der Waals surface area (Å²) in [7, 11) is 3.88. The van der Waals surface area contributed by atoms with Gasteiger partial charge in [-0.25, -0.2) is 14.8 Å². The van der Waals surface area contributed by atoms with E-state index in [9.17, 15) is 4.79 Å². The molecule has 1 aromatic heterocycles. The van der Waals surface area contributed by atoms with Crippen molar-refractivity contribution in [1.29, 1.82) is 0 Å². The molecule has 3 N–H and O–H groups in total. The van der Waals surface area contributed by atoms with E-state index in [0.717, 1.165) is 34.1 Å². The number of aryl methyl sites for hydroxylation is 3. The molecule has 1 heterocycles. The van der Waals surface area contributed by atoms with E-state index in [1.807, 2.05) is 88.3 Å². The molecule has 7 heteroatoms. The summed E-state index contributed by atoms with van der Waals surface area (Å²) in [6.45, 7) is 5.82. The smallest absolute Gasteiger partial charge is 0.323 e. The minimum Gasteiger partial charge on any atom is -0.363 e. The first kappa shape index (κ1) is 20.1. The van der Waals surface area contributed by atoms with Crippen molar-refractivity contribution >= 4 is 34.7 Å². The molecule has 0 aliphatic carbocycles. The molecule has 0 spiro atoms. The van der Waals surface area contributed by atoms with E-state index >= 15 is 0 Å². The highest BCUT2D eigenvalue weighted by Gasteiger charge is 2.07. The summed E-state index contributed by atoms with van der Waals surface area (Å²) < 4.78 is 0. The van der Waals surface area contributed by atoms with Gasteiger partial charge in [0.05, 0.1) is 0 Å². The van der Waals surface area contributed by atoms with Crippen molar-refractivity contribution in [2.24, 2.45) is 0 Å². The highest BCUT2D eigenvalue weighted by atomic mass is 16.2. The number of carbonyl (C=O) groups excluding carboxylic acids is 1. The Balaban J connectivity index is 1.64. The molecule has 0 fully saturated rings. The number of carbonyl (C=O) groups is 1. The summed E-state index contributed by atoms with van der Waals surface area (Å²) in [5, 5.41) is 9.01. The van der Waals surface area contributed by atoms with Crippen LogP contribution in [0.25, 0.3) is 0 Å². The molecule has 0 bridgehead atoms. The van der Waals surface area contributed by atoms with Gasteiger partial charge >= 0.3 is 6.03 Å². The number of hydrogen-bond acceptors (Lipinski definition) is 5. The van der Waals surface area contributed by atoms with Crippen LogP contribution < -0.4 is 20.9 Å². The molecule has 0 atom stereocenters. The van der Waals surface area contributed by atoms with Gasteiger partial charge in [0, 0.05) is 37.2 Å². The van der Waals surface area contributed by atoms with Gasteiger partial charge in [-0.2, -0.15) is 0 Å². The Morgan fingerprint density at radius 2 is 1.55 bits per heavy atom. The van der Waals surface area contributed by atoms with Crippen molar-refractivity contribution < 1.29 is 4.79 Å². The summed E-state index contributed by atoms with van der Waals surface area (Å²) in [6, 6.07) is 15.0. The largest absolute Gasteiger partial charge is 0.363 e. The molecule has 0 unspecified atom stereocenters. The van der Waals surface area contributed by atoms with Gasteiger partial charge in [0.25, 0.3) is 0 Å². The zero-order valence-corrected chi connectivity index (χ0v) is 17.4. The molecule has 3 aromatic rings. The van der Waals surface area contributed by atoms with E-state index in [0.29, 0.717) is 11.5 Å². The number of amides is 2. The van der Waals surface area contributed by atoms with Crippen LogP contribution in [0.2, 0.25) is 0 Å². The van der Waals surface area contributed by atoms with Gasteiger partial charge in [-0.05, 0) is 62.2 Å².